The van der Waals surface area contributed by atoms with Gasteiger partial charge in [0, 0.05) is 12.1 Å². The van der Waals surface area contributed by atoms with Crippen LogP contribution in [0.15, 0.2) is 0 Å². The Morgan fingerprint density at radius 1 is 0.929 bits per heavy atom. The summed E-state index contributed by atoms with van der Waals surface area (Å²) in [5.41, 5.74) is 0. The van der Waals surface area contributed by atoms with Crippen LogP contribution in [0, 0.1) is 17.2 Å². The molecule has 2 aliphatic rings. The molecule has 0 radical (unpaired) electrons. The predicted molar refractivity (Wildman–Crippen MR) is 56.8 cm³/mol. The maximum atomic E-state index is 9.10. The maximum absolute atomic E-state index is 9.10. The summed E-state index contributed by atoms with van der Waals surface area (Å²) < 4.78 is 0. The van der Waals surface area contributed by atoms with Gasteiger partial charge in [-0.05, 0) is 25.7 Å². The largest absolute Gasteiger partial charge is 0.310 e. The van der Waals surface area contributed by atoms with E-state index < -0.39 is 0 Å². The van der Waals surface area contributed by atoms with Crippen molar-refractivity contribution >= 4 is 0 Å². The van der Waals surface area contributed by atoms with Crippen LogP contribution in [-0.2, 0) is 0 Å². The van der Waals surface area contributed by atoms with E-state index in [0.29, 0.717) is 6.04 Å². The van der Waals surface area contributed by atoms with E-state index in [1.807, 2.05) is 0 Å². The van der Waals surface area contributed by atoms with Gasteiger partial charge in [0.15, 0.2) is 0 Å². The first-order chi connectivity index (χ1) is 6.90. The first-order valence-corrected chi connectivity index (χ1v) is 6.06. The van der Waals surface area contributed by atoms with Crippen LogP contribution in [-0.4, -0.2) is 12.1 Å². The summed E-state index contributed by atoms with van der Waals surface area (Å²) in [6.45, 7) is 0. The molecule has 0 spiro atoms. The topological polar surface area (TPSA) is 35.8 Å². The molecule has 0 aromatic rings. The molecule has 0 bridgehead atoms. The van der Waals surface area contributed by atoms with Gasteiger partial charge in [-0.3, -0.25) is 0 Å². The smallest absolute Gasteiger partial charge is 0.0672 e. The zero-order chi connectivity index (χ0) is 9.80. The molecule has 14 heavy (non-hydrogen) atoms. The molecule has 2 fully saturated rings. The van der Waals surface area contributed by atoms with E-state index in [0.717, 1.165) is 12.5 Å². The van der Waals surface area contributed by atoms with Gasteiger partial charge in [0.05, 0.1) is 12.0 Å². The molecular formula is C12H20N2. The lowest BCUT2D eigenvalue weighted by Crippen LogP contribution is -2.45. The summed E-state index contributed by atoms with van der Waals surface area (Å²) in [5, 5.41) is 12.8. The van der Waals surface area contributed by atoms with Crippen molar-refractivity contribution in [3.8, 4) is 6.07 Å². The summed E-state index contributed by atoms with van der Waals surface area (Å²) >= 11 is 0. The van der Waals surface area contributed by atoms with Crippen LogP contribution in [0.1, 0.15) is 51.4 Å². The minimum Gasteiger partial charge on any atom is -0.310 e. The molecule has 0 aromatic heterocycles. The molecule has 2 saturated carbocycles. The number of nitriles is 1. The van der Waals surface area contributed by atoms with Crippen LogP contribution in [0.5, 0.6) is 0 Å². The van der Waals surface area contributed by atoms with Crippen molar-refractivity contribution in [3.63, 3.8) is 0 Å². The standard InChI is InChI=1S/C12H20N2/c13-9-10-5-2-1-3-8-12(10)14-11-6-4-7-11/h10-12,14H,1-8H2. The van der Waals surface area contributed by atoms with Crippen molar-refractivity contribution in [3.05, 3.63) is 0 Å². The van der Waals surface area contributed by atoms with Gasteiger partial charge in [0.25, 0.3) is 0 Å². The Morgan fingerprint density at radius 3 is 2.36 bits per heavy atom. The van der Waals surface area contributed by atoms with Crippen molar-refractivity contribution in [2.45, 2.75) is 63.5 Å². The Labute approximate surface area is 86.7 Å². The highest BCUT2D eigenvalue weighted by atomic mass is 15.0. The van der Waals surface area contributed by atoms with E-state index in [9.17, 15) is 0 Å². The second kappa shape index (κ2) is 4.79. The van der Waals surface area contributed by atoms with Crippen molar-refractivity contribution < 1.29 is 0 Å². The third-order valence-electron chi connectivity index (χ3n) is 3.74. The van der Waals surface area contributed by atoms with Crippen LogP contribution in [0.4, 0.5) is 0 Å². The molecule has 78 valence electrons. The van der Waals surface area contributed by atoms with E-state index in [-0.39, 0.29) is 5.92 Å². The van der Waals surface area contributed by atoms with Gasteiger partial charge < -0.3 is 5.32 Å². The fourth-order valence-electron chi connectivity index (χ4n) is 2.54. The van der Waals surface area contributed by atoms with Crippen molar-refractivity contribution in [2.24, 2.45) is 5.92 Å². The minimum absolute atomic E-state index is 0.276. The predicted octanol–water partition coefficient (Wildman–Crippen LogP) is 2.60. The Balaban J connectivity index is 1.87. The average Bonchev–Trinajstić information content (AvgIpc) is 2.35. The van der Waals surface area contributed by atoms with E-state index in [1.165, 1.54) is 44.9 Å². The second-order valence-electron chi connectivity index (χ2n) is 4.77. The molecule has 0 aliphatic heterocycles. The molecule has 0 heterocycles. The molecule has 2 rings (SSSR count). The van der Waals surface area contributed by atoms with E-state index >= 15 is 0 Å². The summed E-state index contributed by atoms with van der Waals surface area (Å²) in [6, 6.07) is 3.71. The highest BCUT2D eigenvalue weighted by Gasteiger charge is 2.27. The highest BCUT2D eigenvalue weighted by Crippen LogP contribution is 2.26. The van der Waals surface area contributed by atoms with Crippen LogP contribution in [0.2, 0.25) is 0 Å². The van der Waals surface area contributed by atoms with Crippen LogP contribution >= 0.6 is 0 Å². The van der Waals surface area contributed by atoms with Gasteiger partial charge in [0.1, 0.15) is 0 Å². The van der Waals surface area contributed by atoms with E-state index in [4.69, 9.17) is 5.26 Å². The Morgan fingerprint density at radius 2 is 1.71 bits per heavy atom. The molecule has 0 amide bonds. The molecule has 2 aliphatic carbocycles. The lowest BCUT2D eigenvalue weighted by atomic mass is 9.89. The van der Waals surface area contributed by atoms with Crippen molar-refractivity contribution in [1.29, 1.82) is 5.26 Å². The number of nitrogens with zero attached hydrogens (tertiary/aromatic N) is 1. The highest BCUT2D eigenvalue weighted by molar-refractivity contribution is 4.95. The zero-order valence-electron chi connectivity index (χ0n) is 8.84. The molecule has 2 unspecified atom stereocenters. The average molecular weight is 192 g/mol. The molecule has 1 N–H and O–H groups in total. The Kier molecular flexibility index (Phi) is 3.42. The van der Waals surface area contributed by atoms with Crippen LogP contribution in [0.25, 0.3) is 0 Å². The van der Waals surface area contributed by atoms with Gasteiger partial charge >= 0.3 is 0 Å². The van der Waals surface area contributed by atoms with E-state index in [2.05, 4.69) is 11.4 Å². The fraction of sp³-hybridized carbons (Fsp3) is 0.917. The van der Waals surface area contributed by atoms with Crippen molar-refractivity contribution in [1.82, 2.24) is 5.32 Å². The molecule has 0 saturated heterocycles. The Bertz CT molecular complexity index is 215. The quantitative estimate of drug-likeness (QED) is 0.683. The number of hydrogen-bond acceptors (Lipinski definition) is 2. The van der Waals surface area contributed by atoms with E-state index in [1.54, 1.807) is 0 Å². The van der Waals surface area contributed by atoms with Crippen LogP contribution < -0.4 is 5.32 Å². The Hall–Kier alpha value is -0.550. The zero-order valence-corrected chi connectivity index (χ0v) is 8.84. The second-order valence-corrected chi connectivity index (χ2v) is 4.77. The summed E-state index contributed by atoms with van der Waals surface area (Å²) in [4.78, 5) is 0. The lowest BCUT2D eigenvalue weighted by molar-refractivity contribution is 0.268. The monoisotopic (exact) mass is 192 g/mol. The molecule has 2 atom stereocenters. The minimum atomic E-state index is 0.276. The number of hydrogen-bond donors (Lipinski definition) is 1. The third kappa shape index (κ3) is 2.27. The molecule has 0 aromatic carbocycles. The first-order valence-electron chi connectivity index (χ1n) is 6.06. The third-order valence-corrected chi connectivity index (χ3v) is 3.74. The number of rotatable bonds is 2. The maximum Gasteiger partial charge on any atom is 0.0672 e. The first kappa shape index (κ1) is 9.98. The SMILES string of the molecule is N#CC1CCCCCC1NC1CCC1. The van der Waals surface area contributed by atoms with Gasteiger partial charge in [-0.1, -0.05) is 25.7 Å². The summed E-state index contributed by atoms with van der Waals surface area (Å²) in [6.07, 6.45) is 10.2. The summed E-state index contributed by atoms with van der Waals surface area (Å²) in [5.74, 6) is 0.276. The van der Waals surface area contributed by atoms with Gasteiger partial charge in [-0.2, -0.15) is 5.26 Å². The summed E-state index contributed by atoms with van der Waals surface area (Å²) in [7, 11) is 0. The van der Waals surface area contributed by atoms with Gasteiger partial charge in [-0.15, -0.1) is 0 Å². The molecule has 2 heteroatoms. The lowest BCUT2D eigenvalue weighted by Gasteiger charge is -2.32. The van der Waals surface area contributed by atoms with Crippen molar-refractivity contribution in [2.75, 3.05) is 0 Å². The fourth-order valence-corrected chi connectivity index (χ4v) is 2.54. The normalized spacial score (nSPS) is 34.2. The van der Waals surface area contributed by atoms with Gasteiger partial charge in [0.2, 0.25) is 0 Å². The molecule has 2 nitrogen and oxygen atoms in total. The molecular weight excluding hydrogens is 172 g/mol. The number of nitrogens with one attached hydrogen (secondary N) is 1. The van der Waals surface area contributed by atoms with Gasteiger partial charge in [-0.25, -0.2) is 0 Å². The van der Waals surface area contributed by atoms with Crippen LogP contribution in [0.3, 0.4) is 0 Å².